The van der Waals surface area contributed by atoms with Gasteiger partial charge in [0.2, 0.25) is 11.8 Å². The summed E-state index contributed by atoms with van der Waals surface area (Å²) in [5.41, 5.74) is 4.32. The Morgan fingerprint density at radius 2 is 1.87 bits per heavy atom. The summed E-state index contributed by atoms with van der Waals surface area (Å²) in [5.74, 6) is -0.215. The summed E-state index contributed by atoms with van der Waals surface area (Å²) >= 11 is 0. The summed E-state index contributed by atoms with van der Waals surface area (Å²) in [7, 11) is 0. The third-order valence-corrected chi connectivity index (χ3v) is 8.74. The molecule has 2 atom stereocenters. The third kappa shape index (κ3) is 6.07. The highest BCUT2D eigenvalue weighted by Crippen LogP contribution is 2.34. The Morgan fingerprint density at radius 1 is 1.09 bits per heavy atom. The Bertz CT molecular complexity index is 1680. The number of pyridine rings is 1. The van der Waals surface area contributed by atoms with Crippen molar-refractivity contribution in [3.8, 4) is 17.6 Å². The van der Waals surface area contributed by atoms with Crippen LogP contribution in [0.3, 0.4) is 0 Å². The van der Waals surface area contributed by atoms with Crippen LogP contribution in [0.1, 0.15) is 58.5 Å². The lowest BCUT2D eigenvalue weighted by Crippen LogP contribution is -2.52. The molecule has 3 aliphatic heterocycles. The molecule has 0 radical (unpaired) electrons. The lowest BCUT2D eigenvalue weighted by atomic mass is 10.0. The number of nitriles is 1. The third-order valence-electron chi connectivity index (χ3n) is 8.74. The first kappa shape index (κ1) is 29.8. The van der Waals surface area contributed by atoms with Crippen LogP contribution in [0.5, 0.6) is 11.5 Å². The predicted molar refractivity (Wildman–Crippen MR) is 161 cm³/mol. The number of anilines is 1. The van der Waals surface area contributed by atoms with Crippen LogP contribution in [0.2, 0.25) is 0 Å². The second kappa shape index (κ2) is 12.8. The Labute approximate surface area is 260 Å². The van der Waals surface area contributed by atoms with E-state index in [1.807, 2.05) is 24.3 Å². The number of piperazine rings is 1. The second-order valence-electron chi connectivity index (χ2n) is 11.3. The van der Waals surface area contributed by atoms with Gasteiger partial charge in [0.1, 0.15) is 24.5 Å². The van der Waals surface area contributed by atoms with Crippen molar-refractivity contribution in [1.29, 1.82) is 5.26 Å². The van der Waals surface area contributed by atoms with Crippen molar-refractivity contribution >= 4 is 29.9 Å². The summed E-state index contributed by atoms with van der Waals surface area (Å²) in [6, 6.07) is 16.8. The first-order chi connectivity index (χ1) is 21.9. The van der Waals surface area contributed by atoms with E-state index in [1.54, 1.807) is 24.4 Å². The molecule has 2 saturated heterocycles. The van der Waals surface area contributed by atoms with Crippen LogP contribution in [-0.4, -0.2) is 71.2 Å². The summed E-state index contributed by atoms with van der Waals surface area (Å²) in [5, 5.41) is 11.5. The molecule has 0 bridgehead atoms. The first-order valence-electron chi connectivity index (χ1n) is 14.8. The zero-order valence-electron chi connectivity index (χ0n) is 24.8. The van der Waals surface area contributed by atoms with Crippen LogP contribution >= 0.6 is 0 Å². The second-order valence-corrected chi connectivity index (χ2v) is 11.3. The van der Waals surface area contributed by atoms with Gasteiger partial charge >= 0.3 is 0 Å². The minimum absolute atomic E-state index is 0.0751. The van der Waals surface area contributed by atoms with Gasteiger partial charge < -0.3 is 19.3 Å². The molecule has 1 aromatic heterocycles. The number of aromatic nitrogens is 1. The minimum Gasteiger partial charge on any atom is -0.489 e. The molecule has 0 saturated carbocycles. The van der Waals surface area contributed by atoms with Gasteiger partial charge in [0.05, 0.1) is 18.4 Å². The highest BCUT2D eigenvalue weighted by molar-refractivity contribution is 6.05. The number of imide groups is 1. The number of hydrogen-bond acceptors (Lipinski definition) is 10. The standard InChI is InChI=1S/C33H32N6O6/c1-21(37-11-13-38(14-12-37)24-15-30(45-20-40)27(16-34)35-17-24)23-7-5-22(6-8-23)19-44-29-4-2-3-25-26(29)18-39(33(25)43)28-9-10-31(41)36-32(28)42/h2-8,15,17,20-21,28H,9-14,18-19H2,1H3,(H,36,41,42)/t21-,28+/m1/s1. The van der Waals surface area contributed by atoms with Crippen molar-refractivity contribution < 1.29 is 28.7 Å². The molecule has 12 heteroatoms. The number of carbonyl (C=O) groups excluding carboxylic acids is 4. The quantitative estimate of drug-likeness (QED) is 0.284. The molecule has 3 aliphatic rings. The lowest BCUT2D eigenvalue weighted by molar-refractivity contribution is -0.137. The molecule has 0 unspecified atom stereocenters. The molecule has 12 nitrogen and oxygen atoms in total. The van der Waals surface area contributed by atoms with Crippen molar-refractivity contribution in [1.82, 2.24) is 20.1 Å². The largest absolute Gasteiger partial charge is 0.489 e. The smallest absolute Gasteiger partial charge is 0.298 e. The number of nitrogens with one attached hydrogen (secondary N) is 1. The molecule has 0 aliphatic carbocycles. The lowest BCUT2D eigenvalue weighted by Gasteiger charge is -2.39. The van der Waals surface area contributed by atoms with Crippen LogP contribution in [0.4, 0.5) is 5.69 Å². The van der Waals surface area contributed by atoms with Crippen LogP contribution in [0.15, 0.2) is 54.7 Å². The molecule has 1 N–H and O–H groups in total. The van der Waals surface area contributed by atoms with E-state index in [-0.39, 0.29) is 42.3 Å². The molecule has 230 valence electrons. The fourth-order valence-corrected chi connectivity index (χ4v) is 6.16. The van der Waals surface area contributed by atoms with Gasteiger partial charge in [-0.1, -0.05) is 30.3 Å². The molecule has 3 aromatic rings. The number of nitrogens with zero attached hydrogens (tertiary/aromatic N) is 5. The topological polar surface area (TPSA) is 145 Å². The Hall–Kier alpha value is -5.28. The molecule has 6 rings (SSSR count). The zero-order valence-corrected chi connectivity index (χ0v) is 24.8. The number of carbonyl (C=O) groups is 4. The van der Waals surface area contributed by atoms with E-state index in [0.717, 1.165) is 43.0 Å². The maximum Gasteiger partial charge on any atom is 0.298 e. The fourth-order valence-electron chi connectivity index (χ4n) is 6.16. The zero-order chi connectivity index (χ0) is 31.5. The molecular formula is C33H32N6O6. The average Bonchev–Trinajstić information content (AvgIpc) is 3.40. The van der Waals surface area contributed by atoms with Crippen molar-refractivity contribution in [3.05, 3.63) is 82.7 Å². The van der Waals surface area contributed by atoms with E-state index >= 15 is 0 Å². The van der Waals surface area contributed by atoms with E-state index in [0.29, 0.717) is 30.8 Å². The number of benzene rings is 2. The van der Waals surface area contributed by atoms with Gasteiger partial charge in [-0.15, -0.1) is 0 Å². The van der Waals surface area contributed by atoms with Crippen molar-refractivity contribution in [2.24, 2.45) is 0 Å². The molecule has 4 heterocycles. The van der Waals surface area contributed by atoms with Gasteiger partial charge in [0, 0.05) is 55.8 Å². The summed E-state index contributed by atoms with van der Waals surface area (Å²) in [6.07, 6.45) is 2.15. The van der Waals surface area contributed by atoms with Gasteiger partial charge in [-0.25, -0.2) is 4.98 Å². The number of fused-ring (bicyclic) bond motifs is 1. The maximum absolute atomic E-state index is 13.1. The summed E-state index contributed by atoms with van der Waals surface area (Å²) in [6.45, 7) is 6.23. The van der Waals surface area contributed by atoms with Crippen molar-refractivity contribution in [2.45, 2.75) is 45.0 Å². The molecule has 45 heavy (non-hydrogen) atoms. The van der Waals surface area contributed by atoms with Crippen LogP contribution in [0, 0.1) is 11.3 Å². The van der Waals surface area contributed by atoms with Gasteiger partial charge in [0.25, 0.3) is 12.4 Å². The van der Waals surface area contributed by atoms with E-state index in [9.17, 15) is 24.4 Å². The van der Waals surface area contributed by atoms with Gasteiger partial charge in [-0.3, -0.25) is 29.4 Å². The van der Waals surface area contributed by atoms with Gasteiger partial charge in [-0.2, -0.15) is 5.26 Å². The van der Waals surface area contributed by atoms with Gasteiger partial charge in [0.15, 0.2) is 11.4 Å². The maximum atomic E-state index is 13.1. The molecular weight excluding hydrogens is 576 g/mol. The number of piperidine rings is 1. The first-order valence-corrected chi connectivity index (χ1v) is 14.8. The number of ether oxygens (including phenoxy) is 2. The minimum atomic E-state index is -0.670. The molecule has 2 fully saturated rings. The van der Waals surface area contributed by atoms with E-state index in [1.165, 1.54) is 10.5 Å². The van der Waals surface area contributed by atoms with Crippen LogP contribution in [0.25, 0.3) is 0 Å². The highest BCUT2D eigenvalue weighted by Gasteiger charge is 2.40. The normalized spacial score (nSPS) is 19.0. The Morgan fingerprint density at radius 3 is 2.58 bits per heavy atom. The molecule has 2 aromatic carbocycles. The van der Waals surface area contributed by atoms with E-state index < -0.39 is 11.9 Å². The van der Waals surface area contributed by atoms with Gasteiger partial charge in [-0.05, 0) is 36.6 Å². The van der Waals surface area contributed by atoms with E-state index in [4.69, 9.17) is 9.47 Å². The molecule has 0 spiro atoms. The van der Waals surface area contributed by atoms with Crippen molar-refractivity contribution in [3.63, 3.8) is 0 Å². The number of hydrogen-bond donors (Lipinski definition) is 1. The van der Waals surface area contributed by atoms with Crippen LogP contribution in [-0.2, 0) is 27.5 Å². The van der Waals surface area contributed by atoms with E-state index in [2.05, 4.69) is 39.2 Å². The fraction of sp³-hybridized carbons (Fsp3) is 0.333. The molecule has 3 amide bonds. The summed E-state index contributed by atoms with van der Waals surface area (Å²) < 4.78 is 11.1. The monoisotopic (exact) mass is 608 g/mol. The Kier molecular flexibility index (Phi) is 8.44. The SMILES string of the molecule is C[C@H](c1ccc(COc2cccc3c2CN([C@H]2CCC(=O)NC2=O)C3=O)cc1)N1CCN(c2cnc(C#N)c(OC=O)c2)CC1. The average molecular weight is 609 g/mol. The highest BCUT2D eigenvalue weighted by atomic mass is 16.5. The predicted octanol–water partition coefficient (Wildman–Crippen LogP) is 2.71. The van der Waals surface area contributed by atoms with Crippen LogP contribution < -0.4 is 19.7 Å². The number of amides is 3. The Balaban J connectivity index is 1.04. The number of rotatable bonds is 9. The van der Waals surface area contributed by atoms with Crippen molar-refractivity contribution in [2.75, 3.05) is 31.1 Å². The summed E-state index contributed by atoms with van der Waals surface area (Å²) in [4.78, 5) is 58.1.